The summed E-state index contributed by atoms with van der Waals surface area (Å²) in [5.41, 5.74) is 2.20. The molecule has 0 saturated carbocycles. The Morgan fingerprint density at radius 2 is 1.10 bits per heavy atom. The monoisotopic (exact) mass is 282 g/mol. The highest BCUT2D eigenvalue weighted by atomic mass is 16.5. The topological polar surface area (TPSA) is 43.2 Å². The summed E-state index contributed by atoms with van der Waals surface area (Å²) in [6.07, 6.45) is 0. The van der Waals surface area contributed by atoms with Crippen molar-refractivity contribution in [1.82, 2.24) is 0 Å². The molecule has 4 heteroatoms. The standard InChI is InChI=1S/C17H18N2O2/c1-20-16-7-3-14(4-8-16)11-18-13-19-12-15-5-9-17(21-2)10-6-15/h3-10H,11-12H2,1-2H3. The van der Waals surface area contributed by atoms with Gasteiger partial charge >= 0.3 is 0 Å². The van der Waals surface area contributed by atoms with Crippen LogP contribution in [-0.2, 0) is 13.1 Å². The van der Waals surface area contributed by atoms with Crippen LogP contribution in [-0.4, -0.2) is 20.2 Å². The summed E-state index contributed by atoms with van der Waals surface area (Å²) in [6.45, 7) is 1.13. The van der Waals surface area contributed by atoms with E-state index in [4.69, 9.17) is 9.47 Å². The van der Waals surface area contributed by atoms with Gasteiger partial charge in [-0.05, 0) is 35.4 Å². The maximum Gasteiger partial charge on any atom is 0.118 e. The molecule has 0 fully saturated rings. The van der Waals surface area contributed by atoms with Crippen molar-refractivity contribution in [2.24, 2.45) is 9.98 Å². The average Bonchev–Trinajstić information content (AvgIpc) is 2.55. The smallest absolute Gasteiger partial charge is 0.118 e. The number of hydrogen-bond acceptors (Lipinski definition) is 4. The maximum atomic E-state index is 5.10. The molecule has 2 aromatic rings. The Morgan fingerprint density at radius 1 is 0.714 bits per heavy atom. The van der Waals surface area contributed by atoms with Crippen molar-refractivity contribution in [1.29, 1.82) is 0 Å². The van der Waals surface area contributed by atoms with E-state index >= 15 is 0 Å². The lowest BCUT2D eigenvalue weighted by Gasteiger charge is -2.00. The Balaban J connectivity index is 1.84. The van der Waals surface area contributed by atoms with Gasteiger partial charge in [0.05, 0.1) is 33.3 Å². The minimum Gasteiger partial charge on any atom is -0.497 e. The van der Waals surface area contributed by atoms with Crippen LogP contribution in [0.3, 0.4) is 0 Å². The molecule has 0 N–H and O–H groups in total. The van der Waals surface area contributed by atoms with Gasteiger partial charge in [-0.2, -0.15) is 0 Å². The molecular weight excluding hydrogens is 264 g/mol. The van der Waals surface area contributed by atoms with E-state index in [1.165, 1.54) is 0 Å². The Bertz CT molecular complexity index is 559. The average molecular weight is 282 g/mol. The SMILES string of the molecule is COc1ccc(CN=C=NCc2ccc(OC)cc2)cc1. The largest absolute Gasteiger partial charge is 0.497 e. The number of rotatable bonds is 6. The number of aliphatic imine (C=N–C) groups is 2. The molecule has 0 aliphatic carbocycles. The van der Waals surface area contributed by atoms with E-state index in [0.717, 1.165) is 22.6 Å². The molecule has 0 heterocycles. The van der Waals surface area contributed by atoms with Crippen molar-refractivity contribution in [3.63, 3.8) is 0 Å². The van der Waals surface area contributed by atoms with Crippen molar-refractivity contribution in [2.75, 3.05) is 14.2 Å². The first kappa shape index (κ1) is 14.8. The maximum absolute atomic E-state index is 5.10. The third-order valence-electron chi connectivity index (χ3n) is 2.98. The van der Waals surface area contributed by atoms with Crippen molar-refractivity contribution in [3.05, 3.63) is 59.7 Å². The van der Waals surface area contributed by atoms with E-state index in [1.807, 2.05) is 48.5 Å². The van der Waals surface area contributed by atoms with Crippen LogP contribution in [0.5, 0.6) is 11.5 Å². The second-order valence-electron chi connectivity index (χ2n) is 4.43. The van der Waals surface area contributed by atoms with Gasteiger partial charge in [-0.15, -0.1) is 0 Å². The molecule has 2 rings (SSSR count). The minimum atomic E-state index is 0.566. The highest BCUT2D eigenvalue weighted by molar-refractivity contribution is 5.42. The summed E-state index contributed by atoms with van der Waals surface area (Å²) in [5.74, 6) is 1.69. The van der Waals surface area contributed by atoms with Gasteiger partial charge in [0.1, 0.15) is 11.5 Å². The predicted octanol–water partition coefficient (Wildman–Crippen LogP) is 3.58. The van der Waals surface area contributed by atoms with Crippen LogP contribution in [0.2, 0.25) is 0 Å². The lowest BCUT2D eigenvalue weighted by Crippen LogP contribution is -1.85. The van der Waals surface area contributed by atoms with Gasteiger partial charge in [0.2, 0.25) is 0 Å². The lowest BCUT2D eigenvalue weighted by atomic mass is 10.2. The van der Waals surface area contributed by atoms with Crippen LogP contribution >= 0.6 is 0 Å². The fraction of sp³-hybridized carbons (Fsp3) is 0.235. The van der Waals surface area contributed by atoms with Crippen LogP contribution in [0.1, 0.15) is 11.1 Å². The van der Waals surface area contributed by atoms with Crippen LogP contribution in [0.15, 0.2) is 58.5 Å². The van der Waals surface area contributed by atoms with Gasteiger partial charge in [-0.3, -0.25) is 0 Å². The first-order valence-electron chi connectivity index (χ1n) is 6.65. The quantitative estimate of drug-likeness (QED) is 0.760. The van der Waals surface area contributed by atoms with E-state index in [-0.39, 0.29) is 0 Å². The van der Waals surface area contributed by atoms with Crippen molar-refractivity contribution < 1.29 is 9.47 Å². The van der Waals surface area contributed by atoms with Gasteiger partial charge in [0.15, 0.2) is 0 Å². The second-order valence-corrected chi connectivity index (χ2v) is 4.43. The van der Waals surface area contributed by atoms with E-state index in [1.54, 1.807) is 14.2 Å². The highest BCUT2D eigenvalue weighted by Crippen LogP contribution is 2.12. The van der Waals surface area contributed by atoms with Crippen molar-refractivity contribution >= 4 is 6.01 Å². The highest BCUT2D eigenvalue weighted by Gasteiger charge is 1.93. The summed E-state index contributed by atoms with van der Waals surface area (Å²) in [6, 6.07) is 18.3. The summed E-state index contributed by atoms with van der Waals surface area (Å²) < 4.78 is 10.2. The molecule has 0 aliphatic rings. The second kappa shape index (κ2) is 7.88. The van der Waals surface area contributed by atoms with Crippen LogP contribution < -0.4 is 9.47 Å². The summed E-state index contributed by atoms with van der Waals surface area (Å²) in [7, 11) is 3.30. The van der Waals surface area contributed by atoms with Crippen LogP contribution in [0.25, 0.3) is 0 Å². The molecule has 21 heavy (non-hydrogen) atoms. The zero-order chi connectivity index (χ0) is 14.9. The molecule has 0 spiro atoms. The predicted molar refractivity (Wildman–Crippen MR) is 83.3 cm³/mol. The molecule has 108 valence electrons. The van der Waals surface area contributed by atoms with E-state index in [9.17, 15) is 0 Å². The molecule has 0 amide bonds. The van der Waals surface area contributed by atoms with Gasteiger partial charge < -0.3 is 9.47 Å². The normalized spacial score (nSPS) is 9.62. The third kappa shape index (κ3) is 4.79. The summed E-state index contributed by atoms with van der Waals surface area (Å²) >= 11 is 0. The molecule has 4 nitrogen and oxygen atoms in total. The van der Waals surface area contributed by atoms with Crippen molar-refractivity contribution in [2.45, 2.75) is 13.1 Å². The number of nitrogens with zero attached hydrogens (tertiary/aromatic N) is 2. The van der Waals surface area contributed by atoms with Gasteiger partial charge in [-0.1, -0.05) is 24.3 Å². The number of ether oxygens (including phenoxy) is 2. The summed E-state index contributed by atoms with van der Waals surface area (Å²) in [4.78, 5) is 8.33. The Labute approximate surface area is 124 Å². The molecule has 0 unspecified atom stereocenters. The first-order chi connectivity index (χ1) is 10.3. The van der Waals surface area contributed by atoms with E-state index in [0.29, 0.717) is 13.1 Å². The third-order valence-corrected chi connectivity index (χ3v) is 2.98. The lowest BCUT2D eigenvalue weighted by molar-refractivity contribution is 0.414. The van der Waals surface area contributed by atoms with E-state index < -0.39 is 0 Å². The summed E-state index contributed by atoms with van der Waals surface area (Å²) in [5, 5.41) is 0. The molecule has 2 aromatic carbocycles. The van der Waals surface area contributed by atoms with E-state index in [2.05, 4.69) is 16.0 Å². The molecule has 0 aliphatic heterocycles. The molecule has 0 atom stereocenters. The fourth-order valence-electron chi connectivity index (χ4n) is 1.77. The van der Waals surface area contributed by atoms with Gasteiger partial charge in [0.25, 0.3) is 0 Å². The first-order valence-corrected chi connectivity index (χ1v) is 6.65. The fourth-order valence-corrected chi connectivity index (χ4v) is 1.77. The molecular formula is C17H18N2O2. The minimum absolute atomic E-state index is 0.566. The Morgan fingerprint density at radius 3 is 1.43 bits per heavy atom. The van der Waals surface area contributed by atoms with Gasteiger partial charge in [0, 0.05) is 0 Å². The number of benzene rings is 2. The molecule has 0 bridgehead atoms. The van der Waals surface area contributed by atoms with Gasteiger partial charge in [-0.25, -0.2) is 9.98 Å². The zero-order valence-electron chi connectivity index (χ0n) is 12.2. The molecule has 0 saturated heterocycles. The Kier molecular flexibility index (Phi) is 5.56. The zero-order valence-corrected chi connectivity index (χ0v) is 12.2. The Hall–Kier alpha value is -2.58. The van der Waals surface area contributed by atoms with Crippen LogP contribution in [0, 0.1) is 0 Å². The van der Waals surface area contributed by atoms with Crippen molar-refractivity contribution in [3.8, 4) is 11.5 Å². The van der Waals surface area contributed by atoms with Crippen LogP contribution in [0.4, 0.5) is 0 Å². The number of hydrogen-bond donors (Lipinski definition) is 0. The number of methoxy groups -OCH3 is 2. The molecule has 0 radical (unpaired) electrons. The molecule has 0 aromatic heterocycles.